The van der Waals surface area contributed by atoms with Crippen LogP contribution in [-0.2, 0) is 6.42 Å². The van der Waals surface area contributed by atoms with Crippen molar-refractivity contribution in [1.29, 1.82) is 0 Å². The molecule has 1 aliphatic carbocycles. The average molecular weight is 376 g/mol. The molecule has 7 heteroatoms. The van der Waals surface area contributed by atoms with E-state index in [0.717, 1.165) is 13.0 Å². The van der Waals surface area contributed by atoms with Crippen LogP contribution < -0.4 is 10.2 Å². The number of hydrogen-bond donors (Lipinski definition) is 1. The van der Waals surface area contributed by atoms with E-state index in [1.54, 1.807) is 16.9 Å². The number of hydrogen-bond acceptors (Lipinski definition) is 5. The summed E-state index contributed by atoms with van der Waals surface area (Å²) < 4.78 is 1.65. The molecule has 4 rings (SSSR count). The second-order valence-corrected chi connectivity index (χ2v) is 7.17. The highest BCUT2D eigenvalue weighted by atomic mass is 16.1. The second-order valence-electron chi connectivity index (χ2n) is 7.17. The molecule has 1 aromatic carbocycles. The molecular weight excluding hydrogens is 352 g/mol. The lowest BCUT2D eigenvalue weighted by molar-refractivity contribution is 0.0946. The summed E-state index contributed by atoms with van der Waals surface area (Å²) in [5.74, 6) is 1.54. The van der Waals surface area contributed by atoms with Gasteiger partial charge in [-0.15, -0.1) is 0 Å². The molecule has 0 spiro atoms. The summed E-state index contributed by atoms with van der Waals surface area (Å²) in [6.07, 6.45) is 6.75. The summed E-state index contributed by atoms with van der Waals surface area (Å²) >= 11 is 0. The first kappa shape index (κ1) is 18.2. The maximum Gasteiger partial charge on any atom is 0.270 e. The molecule has 0 aliphatic heterocycles. The van der Waals surface area contributed by atoms with E-state index in [1.165, 1.54) is 18.4 Å². The van der Waals surface area contributed by atoms with Crippen LogP contribution in [0.4, 0.5) is 5.95 Å². The number of rotatable bonds is 8. The third-order valence-corrected chi connectivity index (χ3v) is 4.84. The molecular formula is C21H24N6O. The van der Waals surface area contributed by atoms with Gasteiger partial charge in [-0.2, -0.15) is 10.1 Å². The van der Waals surface area contributed by atoms with Gasteiger partial charge >= 0.3 is 0 Å². The molecule has 1 amide bonds. The van der Waals surface area contributed by atoms with E-state index in [4.69, 9.17) is 0 Å². The summed E-state index contributed by atoms with van der Waals surface area (Å²) in [7, 11) is 1.94. The van der Waals surface area contributed by atoms with Gasteiger partial charge in [-0.05, 0) is 36.8 Å². The van der Waals surface area contributed by atoms with Crippen LogP contribution >= 0.6 is 0 Å². The lowest BCUT2D eigenvalue weighted by Crippen LogP contribution is -2.29. The number of carbonyl (C=O) groups is 1. The zero-order valence-corrected chi connectivity index (χ0v) is 16.0. The summed E-state index contributed by atoms with van der Waals surface area (Å²) in [4.78, 5) is 23.7. The van der Waals surface area contributed by atoms with E-state index >= 15 is 0 Å². The van der Waals surface area contributed by atoms with Gasteiger partial charge in [-0.1, -0.05) is 30.3 Å². The van der Waals surface area contributed by atoms with Crippen LogP contribution in [-0.4, -0.2) is 45.8 Å². The van der Waals surface area contributed by atoms with E-state index in [9.17, 15) is 4.79 Å². The predicted octanol–water partition coefficient (Wildman–Crippen LogP) is 2.48. The highest BCUT2D eigenvalue weighted by molar-refractivity contribution is 5.93. The summed E-state index contributed by atoms with van der Waals surface area (Å²) in [5.41, 5.74) is 1.61. The number of likely N-dealkylation sites (N-methyl/N-ethyl adjacent to an activating group) is 1. The molecule has 28 heavy (non-hydrogen) atoms. The van der Waals surface area contributed by atoms with Crippen molar-refractivity contribution in [3.8, 4) is 5.82 Å². The maximum atomic E-state index is 12.6. The zero-order valence-electron chi connectivity index (χ0n) is 16.0. The molecule has 1 fully saturated rings. The quantitative estimate of drug-likeness (QED) is 0.654. The third-order valence-electron chi connectivity index (χ3n) is 4.84. The fourth-order valence-corrected chi connectivity index (χ4v) is 2.92. The Hall–Kier alpha value is -3.22. The minimum absolute atomic E-state index is 0.166. The van der Waals surface area contributed by atoms with Gasteiger partial charge in [-0.3, -0.25) is 4.79 Å². The van der Waals surface area contributed by atoms with Crippen LogP contribution in [0.15, 0.2) is 54.9 Å². The van der Waals surface area contributed by atoms with E-state index < -0.39 is 0 Å². The molecule has 3 aromatic rings. The van der Waals surface area contributed by atoms with Crippen LogP contribution in [0.3, 0.4) is 0 Å². The van der Waals surface area contributed by atoms with Crippen molar-refractivity contribution in [2.75, 3.05) is 25.0 Å². The first-order valence-electron chi connectivity index (χ1n) is 9.61. The van der Waals surface area contributed by atoms with Gasteiger partial charge in [0.1, 0.15) is 5.69 Å². The third kappa shape index (κ3) is 4.54. The Kier molecular flexibility index (Phi) is 5.32. The topological polar surface area (TPSA) is 75.9 Å². The molecule has 0 bridgehead atoms. The highest BCUT2D eigenvalue weighted by Gasteiger charge is 2.23. The summed E-state index contributed by atoms with van der Waals surface area (Å²) in [6.45, 7) is 1.45. The van der Waals surface area contributed by atoms with E-state index in [2.05, 4.69) is 32.5 Å². The number of carbonyl (C=O) groups excluding carboxylic acids is 1. The average Bonchev–Trinajstić information content (AvgIpc) is 3.41. The van der Waals surface area contributed by atoms with Crippen LogP contribution in [0.5, 0.6) is 0 Å². The molecule has 1 N–H and O–H groups in total. The fraction of sp³-hybridized carbons (Fsp3) is 0.333. The van der Waals surface area contributed by atoms with Crippen molar-refractivity contribution in [2.45, 2.75) is 19.3 Å². The molecule has 1 aliphatic rings. The van der Waals surface area contributed by atoms with Crippen LogP contribution in [0, 0.1) is 5.92 Å². The predicted molar refractivity (Wildman–Crippen MR) is 108 cm³/mol. The zero-order chi connectivity index (χ0) is 19.3. The van der Waals surface area contributed by atoms with Crippen molar-refractivity contribution in [3.63, 3.8) is 0 Å². The van der Waals surface area contributed by atoms with E-state index in [1.807, 2.05) is 42.4 Å². The largest absolute Gasteiger partial charge is 0.350 e. The van der Waals surface area contributed by atoms with Gasteiger partial charge < -0.3 is 10.2 Å². The Balaban J connectivity index is 1.54. The SMILES string of the molecule is CN(CCc1ccccc1)c1nc(C(=O)NCC2CC2)cc(-n2cccn2)n1. The Morgan fingerprint density at radius 1 is 1.21 bits per heavy atom. The number of anilines is 1. The van der Waals surface area contributed by atoms with Gasteiger partial charge in [0.05, 0.1) is 0 Å². The number of nitrogens with zero attached hydrogens (tertiary/aromatic N) is 5. The Morgan fingerprint density at radius 2 is 2.04 bits per heavy atom. The molecule has 0 unspecified atom stereocenters. The fourth-order valence-electron chi connectivity index (χ4n) is 2.92. The molecule has 2 heterocycles. The Bertz CT molecular complexity index is 921. The molecule has 1 saturated carbocycles. The first-order chi connectivity index (χ1) is 13.7. The van der Waals surface area contributed by atoms with Crippen molar-refractivity contribution in [1.82, 2.24) is 25.1 Å². The minimum atomic E-state index is -0.166. The van der Waals surface area contributed by atoms with E-state index in [0.29, 0.717) is 29.9 Å². The lowest BCUT2D eigenvalue weighted by Gasteiger charge is -2.18. The molecule has 0 atom stereocenters. The van der Waals surface area contributed by atoms with Gasteiger partial charge in [0.15, 0.2) is 5.82 Å². The standard InChI is InChI=1S/C21H24N6O/c1-26(13-10-16-6-3-2-4-7-16)21-24-18(20(28)22-15-17-8-9-17)14-19(25-21)27-12-5-11-23-27/h2-7,11-12,14,17H,8-10,13,15H2,1H3,(H,22,28). The molecule has 7 nitrogen and oxygen atoms in total. The number of aromatic nitrogens is 4. The normalized spacial score (nSPS) is 13.3. The van der Waals surface area contributed by atoms with Crippen molar-refractivity contribution >= 4 is 11.9 Å². The molecule has 0 radical (unpaired) electrons. The summed E-state index contributed by atoms with van der Waals surface area (Å²) in [5, 5.41) is 7.22. The second kappa shape index (κ2) is 8.21. The highest BCUT2D eigenvalue weighted by Crippen LogP contribution is 2.27. The Morgan fingerprint density at radius 3 is 2.75 bits per heavy atom. The smallest absolute Gasteiger partial charge is 0.270 e. The van der Waals surface area contributed by atoms with E-state index in [-0.39, 0.29) is 5.91 Å². The van der Waals surface area contributed by atoms with Crippen LogP contribution in [0.1, 0.15) is 28.9 Å². The van der Waals surface area contributed by atoms with Crippen LogP contribution in [0.2, 0.25) is 0 Å². The number of benzene rings is 1. The molecule has 0 saturated heterocycles. The van der Waals surface area contributed by atoms with Gasteiger partial charge in [0, 0.05) is 38.6 Å². The van der Waals surface area contributed by atoms with Crippen molar-refractivity contribution in [3.05, 3.63) is 66.1 Å². The van der Waals surface area contributed by atoms with Crippen molar-refractivity contribution in [2.24, 2.45) is 5.92 Å². The monoisotopic (exact) mass is 376 g/mol. The van der Waals surface area contributed by atoms with Gasteiger partial charge in [0.25, 0.3) is 5.91 Å². The Labute approximate surface area is 164 Å². The van der Waals surface area contributed by atoms with Crippen molar-refractivity contribution < 1.29 is 4.79 Å². The lowest BCUT2D eigenvalue weighted by atomic mass is 10.1. The van der Waals surface area contributed by atoms with Gasteiger partial charge in [0.2, 0.25) is 5.95 Å². The van der Waals surface area contributed by atoms with Crippen LogP contribution in [0.25, 0.3) is 5.82 Å². The number of amides is 1. The minimum Gasteiger partial charge on any atom is -0.350 e. The van der Waals surface area contributed by atoms with Gasteiger partial charge in [-0.25, -0.2) is 9.67 Å². The summed E-state index contributed by atoms with van der Waals surface area (Å²) in [6, 6.07) is 13.8. The molecule has 2 aromatic heterocycles. The maximum absolute atomic E-state index is 12.6. The first-order valence-corrected chi connectivity index (χ1v) is 9.61. The number of nitrogens with one attached hydrogen (secondary N) is 1. The molecule has 144 valence electrons.